The van der Waals surface area contributed by atoms with E-state index < -0.39 is 6.04 Å². The van der Waals surface area contributed by atoms with Crippen LogP contribution in [0.5, 0.6) is 0 Å². The average Bonchev–Trinajstić information content (AvgIpc) is 2.60. The van der Waals surface area contributed by atoms with Crippen LogP contribution in [0.3, 0.4) is 0 Å². The van der Waals surface area contributed by atoms with Crippen LogP contribution >= 0.6 is 11.6 Å². The van der Waals surface area contributed by atoms with Gasteiger partial charge in [0.25, 0.3) is 0 Å². The molecule has 2 amide bonds. The van der Waals surface area contributed by atoms with Gasteiger partial charge in [-0.25, -0.2) is 0 Å². The quantitative estimate of drug-likeness (QED) is 0.732. The average molecular weight is 403 g/mol. The number of rotatable bonds is 5. The van der Waals surface area contributed by atoms with Gasteiger partial charge in [0, 0.05) is 5.41 Å². The largest absolute Gasteiger partial charge is 0.344 e. The van der Waals surface area contributed by atoms with Crippen molar-refractivity contribution in [3.8, 4) is 0 Å². The summed E-state index contributed by atoms with van der Waals surface area (Å²) in [6.45, 7) is 5.90. The number of halogens is 1. The molecule has 0 radical (unpaired) electrons. The van der Waals surface area contributed by atoms with Gasteiger partial charge in [-0.2, -0.15) is 0 Å². The van der Waals surface area contributed by atoms with E-state index in [2.05, 4.69) is 10.6 Å². The number of hydrogen-bond acceptors (Lipinski definition) is 2. The first-order chi connectivity index (χ1) is 13.3. The van der Waals surface area contributed by atoms with Crippen LogP contribution in [-0.2, 0) is 9.59 Å². The number of aryl methyl sites for hydroxylation is 1. The Kier molecular flexibility index (Phi) is 5.20. The van der Waals surface area contributed by atoms with Crippen LogP contribution < -0.4 is 10.6 Å². The van der Waals surface area contributed by atoms with Gasteiger partial charge < -0.3 is 10.6 Å². The van der Waals surface area contributed by atoms with Crippen molar-refractivity contribution in [1.29, 1.82) is 0 Å². The van der Waals surface area contributed by atoms with Gasteiger partial charge in [0.2, 0.25) is 11.8 Å². The van der Waals surface area contributed by atoms with E-state index in [0.717, 1.165) is 24.8 Å². The molecule has 1 atom stereocenters. The lowest BCUT2D eigenvalue weighted by Gasteiger charge is -2.55. The van der Waals surface area contributed by atoms with Gasteiger partial charge in [0.15, 0.2) is 0 Å². The third-order valence-electron chi connectivity index (χ3n) is 7.14. The molecule has 2 N–H and O–H groups in total. The third kappa shape index (κ3) is 3.68. The second-order valence-corrected chi connectivity index (χ2v) is 10.3. The van der Waals surface area contributed by atoms with Crippen molar-refractivity contribution >= 4 is 29.1 Å². The molecule has 1 aromatic carbocycles. The van der Waals surface area contributed by atoms with E-state index >= 15 is 0 Å². The molecule has 28 heavy (non-hydrogen) atoms. The second-order valence-electron chi connectivity index (χ2n) is 9.87. The molecular formula is C23H31ClN2O2. The highest BCUT2D eigenvalue weighted by Crippen LogP contribution is 2.60. The molecule has 0 saturated heterocycles. The van der Waals surface area contributed by atoms with Gasteiger partial charge >= 0.3 is 0 Å². The van der Waals surface area contributed by atoms with E-state index in [1.165, 1.54) is 19.3 Å². The van der Waals surface area contributed by atoms with Gasteiger partial charge in [-0.05, 0) is 86.8 Å². The Bertz CT molecular complexity index is 754. The first kappa shape index (κ1) is 19.8. The Balaban J connectivity index is 1.47. The molecule has 1 unspecified atom stereocenters. The van der Waals surface area contributed by atoms with Crippen molar-refractivity contribution in [2.45, 2.75) is 65.3 Å². The van der Waals surface area contributed by atoms with Gasteiger partial charge in [0.05, 0.1) is 10.7 Å². The smallest absolute Gasteiger partial charge is 0.247 e. The number of anilines is 1. The van der Waals surface area contributed by atoms with Gasteiger partial charge in [-0.15, -0.1) is 0 Å². The predicted octanol–water partition coefficient (Wildman–Crippen LogP) is 4.94. The highest BCUT2D eigenvalue weighted by molar-refractivity contribution is 6.33. The SMILES string of the molecule is Cc1ccc(NC(=O)C(NC(=O)C23CC4CC(CC(C4)C2)C3)C(C)C)c(Cl)c1. The van der Waals surface area contributed by atoms with E-state index in [-0.39, 0.29) is 23.1 Å². The molecule has 4 nitrogen and oxygen atoms in total. The summed E-state index contributed by atoms with van der Waals surface area (Å²) in [6.07, 6.45) is 6.90. The lowest BCUT2D eigenvalue weighted by atomic mass is 9.49. The van der Waals surface area contributed by atoms with Crippen molar-refractivity contribution in [2.24, 2.45) is 29.1 Å². The molecule has 0 aromatic heterocycles. The zero-order chi connectivity index (χ0) is 20.1. The lowest BCUT2D eigenvalue weighted by molar-refractivity contribution is -0.148. The molecule has 4 fully saturated rings. The van der Waals surface area contributed by atoms with E-state index in [4.69, 9.17) is 11.6 Å². The molecule has 1 aromatic rings. The number of benzene rings is 1. The topological polar surface area (TPSA) is 58.2 Å². The summed E-state index contributed by atoms with van der Waals surface area (Å²) < 4.78 is 0. The Morgan fingerprint density at radius 1 is 1.07 bits per heavy atom. The molecular weight excluding hydrogens is 372 g/mol. The normalized spacial score (nSPS) is 31.7. The number of carbonyl (C=O) groups excluding carboxylic acids is 2. The second kappa shape index (κ2) is 7.37. The number of nitrogens with one attached hydrogen (secondary N) is 2. The minimum atomic E-state index is -0.558. The predicted molar refractivity (Wildman–Crippen MR) is 112 cm³/mol. The third-order valence-corrected chi connectivity index (χ3v) is 7.45. The molecule has 0 aliphatic heterocycles. The number of amides is 2. The molecule has 4 aliphatic rings. The van der Waals surface area contributed by atoms with Gasteiger partial charge in [0.1, 0.15) is 6.04 Å². The highest BCUT2D eigenvalue weighted by Gasteiger charge is 2.55. The van der Waals surface area contributed by atoms with E-state index in [9.17, 15) is 9.59 Å². The van der Waals surface area contributed by atoms with E-state index in [1.807, 2.05) is 39.0 Å². The summed E-state index contributed by atoms with van der Waals surface area (Å²) in [5, 5.41) is 6.56. The zero-order valence-electron chi connectivity index (χ0n) is 17.1. The fourth-order valence-corrected chi connectivity index (χ4v) is 6.43. The fourth-order valence-electron chi connectivity index (χ4n) is 6.15. The van der Waals surface area contributed by atoms with Crippen LogP contribution in [0.2, 0.25) is 5.02 Å². The van der Waals surface area contributed by atoms with E-state index in [0.29, 0.717) is 28.5 Å². The molecule has 0 spiro atoms. The summed E-state index contributed by atoms with van der Waals surface area (Å²) in [5.41, 5.74) is 1.38. The monoisotopic (exact) mass is 402 g/mol. The first-order valence-corrected chi connectivity index (χ1v) is 11.0. The summed E-state index contributed by atoms with van der Waals surface area (Å²) in [5.74, 6) is 2.01. The van der Waals surface area contributed by atoms with Crippen LogP contribution in [0, 0.1) is 36.0 Å². The van der Waals surface area contributed by atoms with Crippen LogP contribution in [0.1, 0.15) is 57.9 Å². The fraction of sp³-hybridized carbons (Fsp3) is 0.652. The standard InChI is InChI=1S/C23H31ClN2O2/c1-13(2)20(21(27)25-19-5-4-14(3)6-18(19)24)26-22(28)23-10-15-7-16(11-23)9-17(8-15)12-23/h4-6,13,15-17,20H,7-12H2,1-3H3,(H,25,27)(H,26,28). The minimum absolute atomic E-state index is 0.00193. The molecule has 4 aliphatic carbocycles. The van der Waals surface area contributed by atoms with Crippen molar-refractivity contribution < 1.29 is 9.59 Å². The Labute approximate surface area is 172 Å². The Morgan fingerprint density at radius 3 is 2.14 bits per heavy atom. The van der Waals surface area contributed by atoms with Crippen molar-refractivity contribution in [3.63, 3.8) is 0 Å². The highest BCUT2D eigenvalue weighted by atomic mass is 35.5. The molecule has 152 valence electrons. The Hall–Kier alpha value is -1.55. The maximum atomic E-state index is 13.4. The van der Waals surface area contributed by atoms with E-state index in [1.54, 1.807) is 0 Å². The maximum absolute atomic E-state index is 13.4. The van der Waals surface area contributed by atoms with Crippen LogP contribution in [0.4, 0.5) is 5.69 Å². The summed E-state index contributed by atoms with van der Waals surface area (Å²) in [7, 11) is 0. The summed E-state index contributed by atoms with van der Waals surface area (Å²) in [4.78, 5) is 26.3. The van der Waals surface area contributed by atoms with Crippen molar-refractivity contribution in [3.05, 3.63) is 28.8 Å². The lowest BCUT2D eigenvalue weighted by Crippen LogP contribution is -2.57. The molecule has 4 saturated carbocycles. The van der Waals surface area contributed by atoms with Crippen LogP contribution in [0.25, 0.3) is 0 Å². The molecule has 5 heteroatoms. The molecule has 4 bridgehead atoms. The first-order valence-electron chi connectivity index (χ1n) is 10.6. The number of hydrogen-bond donors (Lipinski definition) is 2. The minimum Gasteiger partial charge on any atom is -0.344 e. The van der Waals surface area contributed by atoms with Crippen molar-refractivity contribution in [1.82, 2.24) is 5.32 Å². The number of carbonyl (C=O) groups is 2. The van der Waals surface area contributed by atoms with Crippen LogP contribution in [-0.4, -0.2) is 17.9 Å². The van der Waals surface area contributed by atoms with Gasteiger partial charge in [-0.3, -0.25) is 9.59 Å². The van der Waals surface area contributed by atoms with Crippen molar-refractivity contribution in [2.75, 3.05) is 5.32 Å². The van der Waals surface area contributed by atoms with Gasteiger partial charge in [-0.1, -0.05) is 31.5 Å². The Morgan fingerprint density at radius 2 is 1.64 bits per heavy atom. The summed E-state index contributed by atoms with van der Waals surface area (Å²) >= 11 is 6.27. The molecule has 0 heterocycles. The summed E-state index contributed by atoms with van der Waals surface area (Å²) in [6, 6.07) is 5.00. The zero-order valence-corrected chi connectivity index (χ0v) is 17.8. The van der Waals surface area contributed by atoms with Crippen LogP contribution in [0.15, 0.2) is 18.2 Å². The maximum Gasteiger partial charge on any atom is 0.247 e. The molecule has 5 rings (SSSR count).